The number of imidazole rings is 2. The van der Waals surface area contributed by atoms with E-state index in [2.05, 4.69) is 39.7 Å². The highest BCUT2D eigenvalue weighted by atomic mass is 35.5. The number of halogens is 1. The Bertz CT molecular complexity index is 1650. The lowest BCUT2D eigenvalue weighted by Gasteiger charge is -2.13. The van der Waals surface area contributed by atoms with E-state index in [0.29, 0.717) is 5.02 Å². The number of hydrogen-bond acceptors (Lipinski definition) is 3. The third-order valence-electron chi connectivity index (χ3n) is 6.21. The van der Waals surface area contributed by atoms with Crippen LogP contribution in [0.4, 0.5) is 0 Å². The predicted octanol–water partition coefficient (Wildman–Crippen LogP) is 6.37. The summed E-state index contributed by atoms with van der Waals surface area (Å²) in [7, 11) is 1.98. The first-order valence-corrected chi connectivity index (χ1v) is 11.4. The van der Waals surface area contributed by atoms with E-state index in [4.69, 9.17) is 16.6 Å². The van der Waals surface area contributed by atoms with Gasteiger partial charge in [-0.25, -0.2) is 9.97 Å². The van der Waals surface area contributed by atoms with Crippen molar-refractivity contribution in [3.63, 3.8) is 0 Å². The minimum absolute atomic E-state index is 0.0171. The average Bonchev–Trinajstić information content (AvgIpc) is 3.47. The molecule has 0 aliphatic carbocycles. The van der Waals surface area contributed by atoms with Crippen molar-refractivity contribution in [2.45, 2.75) is 6.61 Å². The molecule has 3 heterocycles. The Balaban J connectivity index is 1.78. The lowest BCUT2D eigenvalue weighted by Crippen LogP contribution is -1.98. The molecule has 0 aliphatic heterocycles. The van der Waals surface area contributed by atoms with Gasteiger partial charge in [0.05, 0.1) is 41.7 Å². The molecule has 3 aromatic carbocycles. The maximum absolute atomic E-state index is 9.85. The first-order chi connectivity index (χ1) is 16.6. The quantitative estimate of drug-likeness (QED) is 0.330. The number of aromatic nitrogens is 4. The van der Waals surface area contributed by atoms with Crippen molar-refractivity contribution in [3.05, 3.63) is 102 Å². The maximum atomic E-state index is 9.85. The monoisotopic (exact) mass is 464 g/mol. The van der Waals surface area contributed by atoms with Crippen LogP contribution in [0.1, 0.15) is 5.56 Å². The lowest BCUT2D eigenvalue weighted by molar-refractivity contribution is 0.282. The van der Waals surface area contributed by atoms with Crippen LogP contribution < -0.4 is 0 Å². The summed E-state index contributed by atoms with van der Waals surface area (Å²) in [5.41, 5.74) is 8.64. The van der Waals surface area contributed by atoms with Gasteiger partial charge in [-0.2, -0.15) is 0 Å². The van der Waals surface area contributed by atoms with Gasteiger partial charge in [-0.05, 0) is 47.0 Å². The molecular weight excluding hydrogens is 444 g/mol. The standard InChI is InChI=1S/C28H21ClN4O/c1-32-17-30-15-25(32)28-27(20-8-10-21(29)11-9-20)31-26-14-22(19-5-3-2-4-6-19)23-13-18(16-34)7-12-24(23)33(26)28/h2-15,17,34H,16H2,1H3. The van der Waals surface area contributed by atoms with Gasteiger partial charge >= 0.3 is 0 Å². The summed E-state index contributed by atoms with van der Waals surface area (Å²) >= 11 is 6.18. The van der Waals surface area contributed by atoms with Gasteiger partial charge in [0.1, 0.15) is 5.65 Å². The number of aryl methyl sites for hydroxylation is 1. The Kier molecular flexibility index (Phi) is 4.94. The third-order valence-corrected chi connectivity index (χ3v) is 6.47. The normalized spacial score (nSPS) is 11.5. The van der Waals surface area contributed by atoms with E-state index >= 15 is 0 Å². The number of aliphatic hydroxyl groups is 1. The Hall–Kier alpha value is -3.93. The van der Waals surface area contributed by atoms with E-state index in [0.717, 1.165) is 55.9 Å². The number of fused-ring (bicyclic) bond motifs is 3. The topological polar surface area (TPSA) is 55.3 Å². The highest BCUT2D eigenvalue weighted by Crippen LogP contribution is 2.38. The van der Waals surface area contributed by atoms with Crippen LogP contribution in [-0.4, -0.2) is 24.0 Å². The van der Waals surface area contributed by atoms with Crippen molar-refractivity contribution in [2.75, 3.05) is 0 Å². The van der Waals surface area contributed by atoms with Crippen LogP contribution in [0.3, 0.4) is 0 Å². The fourth-order valence-corrected chi connectivity index (χ4v) is 4.69. The van der Waals surface area contributed by atoms with Crippen LogP contribution in [0, 0.1) is 0 Å². The second-order valence-electron chi connectivity index (χ2n) is 8.33. The van der Waals surface area contributed by atoms with Crippen molar-refractivity contribution >= 4 is 28.2 Å². The number of nitrogens with zero attached hydrogens (tertiary/aromatic N) is 4. The minimum Gasteiger partial charge on any atom is -0.392 e. The molecule has 0 unspecified atom stereocenters. The molecule has 0 saturated heterocycles. The van der Waals surface area contributed by atoms with Crippen molar-refractivity contribution in [1.82, 2.24) is 18.9 Å². The van der Waals surface area contributed by atoms with Gasteiger partial charge in [0, 0.05) is 23.0 Å². The van der Waals surface area contributed by atoms with Gasteiger partial charge in [-0.3, -0.25) is 4.40 Å². The van der Waals surface area contributed by atoms with Crippen LogP contribution in [0.15, 0.2) is 91.4 Å². The Morgan fingerprint density at radius 3 is 2.41 bits per heavy atom. The zero-order chi connectivity index (χ0) is 23.2. The van der Waals surface area contributed by atoms with E-state index in [9.17, 15) is 5.11 Å². The first kappa shape index (κ1) is 20.7. The molecule has 34 heavy (non-hydrogen) atoms. The summed E-state index contributed by atoms with van der Waals surface area (Å²) < 4.78 is 4.19. The molecule has 1 N–H and O–H groups in total. The number of benzene rings is 3. The second kappa shape index (κ2) is 8.13. The number of pyridine rings is 1. The summed E-state index contributed by atoms with van der Waals surface area (Å²) in [5.74, 6) is 0. The molecule has 0 saturated carbocycles. The van der Waals surface area contributed by atoms with E-state index < -0.39 is 0 Å². The minimum atomic E-state index is -0.0171. The fourth-order valence-electron chi connectivity index (χ4n) is 4.56. The van der Waals surface area contributed by atoms with Crippen molar-refractivity contribution < 1.29 is 5.11 Å². The van der Waals surface area contributed by atoms with Gasteiger partial charge in [0.2, 0.25) is 0 Å². The highest BCUT2D eigenvalue weighted by Gasteiger charge is 2.22. The van der Waals surface area contributed by atoms with Crippen molar-refractivity contribution in [2.24, 2.45) is 7.05 Å². The third kappa shape index (κ3) is 3.29. The zero-order valence-corrected chi connectivity index (χ0v) is 19.2. The highest BCUT2D eigenvalue weighted by molar-refractivity contribution is 6.30. The van der Waals surface area contributed by atoms with Gasteiger partial charge in [0.15, 0.2) is 0 Å². The molecule has 166 valence electrons. The molecule has 0 aliphatic rings. The van der Waals surface area contributed by atoms with Crippen LogP contribution in [0.25, 0.3) is 50.3 Å². The maximum Gasteiger partial charge on any atom is 0.139 e. The molecule has 3 aromatic heterocycles. The van der Waals surface area contributed by atoms with Crippen LogP contribution in [0.5, 0.6) is 0 Å². The first-order valence-electron chi connectivity index (χ1n) is 11.0. The summed E-state index contributed by atoms with van der Waals surface area (Å²) in [6.45, 7) is -0.0171. The van der Waals surface area contributed by atoms with E-state index in [1.165, 1.54) is 0 Å². The smallest absolute Gasteiger partial charge is 0.139 e. The summed E-state index contributed by atoms with van der Waals surface area (Å²) in [6, 6.07) is 26.2. The fraction of sp³-hybridized carbons (Fsp3) is 0.0714. The summed E-state index contributed by atoms with van der Waals surface area (Å²) in [6.07, 6.45) is 3.66. The zero-order valence-electron chi connectivity index (χ0n) is 18.5. The molecule has 0 bridgehead atoms. The SMILES string of the molecule is Cn1cncc1-c1c(-c2ccc(Cl)cc2)nc2cc(-c3ccccc3)c3cc(CO)ccc3n12. The average molecular weight is 465 g/mol. The Morgan fingerprint density at radius 1 is 0.912 bits per heavy atom. The van der Waals surface area contributed by atoms with Crippen molar-refractivity contribution in [3.8, 4) is 33.8 Å². The lowest BCUT2D eigenvalue weighted by atomic mass is 9.99. The van der Waals surface area contributed by atoms with E-state index in [1.807, 2.05) is 66.3 Å². The molecule has 5 nitrogen and oxygen atoms in total. The van der Waals surface area contributed by atoms with E-state index in [-0.39, 0.29) is 6.61 Å². The molecule has 0 radical (unpaired) electrons. The Morgan fingerprint density at radius 2 is 1.71 bits per heavy atom. The Labute approximate surface area is 201 Å². The van der Waals surface area contributed by atoms with Crippen LogP contribution in [0.2, 0.25) is 5.02 Å². The van der Waals surface area contributed by atoms with Crippen LogP contribution >= 0.6 is 11.6 Å². The molecule has 6 rings (SSSR count). The molecule has 6 aromatic rings. The summed E-state index contributed by atoms with van der Waals surface area (Å²) in [5, 5.41) is 11.6. The summed E-state index contributed by atoms with van der Waals surface area (Å²) in [4.78, 5) is 9.49. The van der Waals surface area contributed by atoms with Gasteiger partial charge in [-0.1, -0.05) is 60.1 Å². The molecule has 0 spiro atoms. The van der Waals surface area contributed by atoms with Gasteiger partial charge in [-0.15, -0.1) is 0 Å². The molecule has 0 atom stereocenters. The van der Waals surface area contributed by atoms with E-state index in [1.54, 1.807) is 6.33 Å². The number of hydrogen-bond donors (Lipinski definition) is 1. The second-order valence-corrected chi connectivity index (χ2v) is 8.77. The molecule has 0 fully saturated rings. The van der Waals surface area contributed by atoms with Crippen LogP contribution in [-0.2, 0) is 13.7 Å². The molecular formula is C28H21ClN4O. The van der Waals surface area contributed by atoms with Gasteiger partial charge < -0.3 is 9.67 Å². The molecule has 0 amide bonds. The number of rotatable bonds is 4. The predicted molar refractivity (Wildman–Crippen MR) is 137 cm³/mol. The van der Waals surface area contributed by atoms with Gasteiger partial charge in [0.25, 0.3) is 0 Å². The molecule has 6 heteroatoms. The van der Waals surface area contributed by atoms with Crippen molar-refractivity contribution in [1.29, 1.82) is 0 Å². The largest absolute Gasteiger partial charge is 0.392 e. The number of aliphatic hydroxyl groups excluding tert-OH is 1.